The number of nitrogens with one attached hydrogen (secondary N) is 2. The number of hydroxylamine groups is 1. The molecule has 0 bridgehead atoms. The van der Waals surface area contributed by atoms with Crippen LogP contribution in [-0.4, -0.2) is 34.3 Å². The van der Waals surface area contributed by atoms with Crippen LogP contribution in [0.3, 0.4) is 0 Å². The second-order valence-electron chi connectivity index (χ2n) is 6.34. The molecule has 2 amide bonds. The van der Waals surface area contributed by atoms with E-state index in [-0.39, 0.29) is 12.0 Å². The van der Waals surface area contributed by atoms with Gasteiger partial charge in [-0.1, -0.05) is 42.5 Å². The van der Waals surface area contributed by atoms with Crippen LogP contribution in [0.1, 0.15) is 22.7 Å². The zero-order chi connectivity index (χ0) is 21.6. The zero-order valence-corrected chi connectivity index (χ0v) is 15.1. The topological polar surface area (TPSA) is 125 Å². The Balaban J connectivity index is 2.17. The highest BCUT2D eigenvalue weighted by molar-refractivity contribution is 5.90. The smallest absolute Gasteiger partial charge is 0.382 e. The molecule has 0 saturated heterocycles. The molecule has 6 N–H and O–H groups in total. The van der Waals surface area contributed by atoms with E-state index in [1.165, 1.54) is 11.5 Å². The van der Waals surface area contributed by atoms with E-state index in [0.29, 0.717) is 6.07 Å². The number of amides is 2. The van der Waals surface area contributed by atoms with Crippen molar-refractivity contribution in [3.8, 4) is 0 Å². The largest absolute Gasteiger partial charge is 0.416 e. The molecule has 0 aliphatic heterocycles. The number of benzene rings is 2. The van der Waals surface area contributed by atoms with Gasteiger partial charge in [-0.25, -0.2) is 5.48 Å². The Morgan fingerprint density at radius 1 is 1.03 bits per heavy atom. The number of rotatable bonds is 7. The average Bonchev–Trinajstić information content (AvgIpc) is 2.70. The van der Waals surface area contributed by atoms with Gasteiger partial charge in [-0.15, -0.1) is 0 Å². The van der Waals surface area contributed by atoms with Crippen LogP contribution in [0, 0.1) is 0 Å². The van der Waals surface area contributed by atoms with Crippen molar-refractivity contribution < 1.29 is 33.1 Å². The second kappa shape index (κ2) is 9.50. The van der Waals surface area contributed by atoms with E-state index < -0.39 is 41.7 Å². The van der Waals surface area contributed by atoms with E-state index in [1.807, 2.05) is 0 Å². The molecular weight excluding hydrogens is 391 g/mol. The van der Waals surface area contributed by atoms with Crippen molar-refractivity contribution in [3.63, 3.8) is 0 Å². The van der Waals surface area contributed by atoms with Gasteiger partial charge in [0.1, 0.15) is 12.1 Å². The van der Waals surface area contributed by atoms with Crippen molar-refractivity contribution in [1.82, 2.24) is 10.8 Å². The lowest BCUT2D eigenvalue weighted by Crippen LogP contribution is -2.50. The molecule has 1 unspecified atom stereocenters. The highest BCUT2D eigenvalue weighted by Gasteiger charge is 2.33. The first kappa shape index (κ1) is 22.3. The summed E-state index contributed by atoms with van der Waals surface area (Å²) in [6.07, 6.45) is -6.26. The molecule has 7 nitrogen and oxygen atoms in total. The molecule has 2 aromatic rings. The lowest BCUT2D eigenvalue weighted by atomic mass is 10.00. The maximum Gasteiger partial charge on any atom is 0.416 e. The van der Waals surface area contributed by atoms with Gasteiger partial charge in [0.05, 0.1) is 5.56 Å². The van der Waals surface area contributed by atoms with Gasteiger partial charge in [0, 0.05) is 6.04 Å². The summed E-state index contributed by atoms with van der Waals surface area (Å²) in [6.45, 7) is 0. The van der Waals surface area contributed by atoms with E-state index in [4.69, 9.17) is 10.9 Å². The van der Waals surface area contributed by atoms with E-state index in [9.17, 15) is 27.9 Å². The Hall–Kier alpha value is -2.95. The standard InChI is InChI=1S/C19H20F3N3O4/c20-19(21,22)13-8-4-7-12(10-13)15(17(27)25-29)24-18(28)16(26)14(23)9-11-5-2-1-3-6-11/h1-8,10,14-16,26,29H,9,23H2,(H,24,28)(H,25,27)/t14-,15?,16+/m1/s1. The molecule has 29 heavy (non-hydrogen) atoms. The molecular formula is C19H20F3N3O4. The highest BCUT2D eigenvalue weighted by Crippen LogP contribution is 2.30. The molecule has 156 valence electrons. The van der Waals surface area contributed by atoms with Gasteiger partial charge in [-0.3, -0.25) is 14.8 Å². The normalized spacial score (nSPS) is 14.6. The number of hydrogen-bond donors (Lipinski definition) is 5. The van der Waals surface area contributed by atoms with Crippen LogP contribution in [0.5, 0.6) is 0 Å². The summed E-state index contributed by atoms with van der Waals surface area (Å²) in [4.78, 5) is 24.3. The fourth-order valence-electron chi connectivity index (χ4n) is 2.68. The summed E-state index contributed by atoms with van der Waals surface area (Å²) in [5, 5.41) is 21.2. The number of aliphatic hydroxyl groups is 1. The van der Waals surface area contributed by atoms with E-state index in [1.54, 1.807) is 30.3 Å². The molecule has 0 radical (unpaired) electrons. The molecule has 3 atom stereocenters. The van der Waals surface area contributed by atoms with Crippen molar-refractivity contribution in [2.75, 3.05) is 0 Å². The first-order valence-electron chi connectivity index (χ1n) is 8.52. The average molecular weight is 411 g/mol. The number of hydrogen-bond acceptors (Lipinski definition) is 5. The molecule has 0 aliphatic rings. The van der Waals surface area contributed by atoms with Crippen molar-refractivity contribution in [3.05, 3.63) is 71.3 Å². The Labute approximate surface area is 164 Å². The van der Waals surface area contributed by atoms with Gasteiger partial charge in [0.2, 0.25) is 0 Å². The number of carbonyl (C=O) groups is 2. The number of carbonyl (C=O) groups excluding carboxylic acids is 2. The summed E-state index contributed by atoms with van der Waals surface area (Å²) in [7, 11) is 0. The third-order valence-electron chi connectivity index (χ3n) is 4.19. The minimum Gasteiger partial charge on any atom is -0.382 e. The van der Waals surface area contributed by atoms with Gasteiger partial charge in [-0.05, 0) is 29.7 Å². The first-order valence-corrected chi connectivity index (χ1v) is 8.52. The predicted octanol–water partition coefficient (Wildman–Crippen LogP) is 1.30. The number of aliphatic hydroxyl groups excluding tert-OH is 1. The lowest BCUT2D eigenvalue weighted by molar-refractivity contribution is -0.139. The van der Waals surface area contributed by atoms with E-state index >= 15 is 0 Å². The molecule has 10 heteroatoms. The van der Waals surface area contributed by atoms with Gasteiger partial charge in [0.25, 0.3) is 11.8 Å². The maximum absolute atomic E-state index is 12.9. The Kier molecular flexibility index (Phi) is 7.32. The molecule has 0 aromatic heterocycles. The van der Waals surface area contributed by atoms with Crippen LogP contribution in [0.15, 0.2) is 54.6 Å². The third kappa shape index (κ3) is 6.01. The third-order valence-corrected chi connectivity index (χ3v) is 4.19. The minimum atomic E-state index is -4.67. The second-order valence-corrected chi connectivity index (χ2v) is 6.34. The van der Waals surface area contributed by atoms with Crippen LogP contribution in [0.4, 0.5) is 13.2 Å². The quantitative estimate of drug-likeness (QED) is 0.347. The van der Waals surface area contributed by atoms with Crippen LogP contribution >= 0.6 is 0 Å². The summed E-state index contributed by atoms with van der Waals surface area (Å²) in [5.74, 6) is -2.25. The fourth-order valence-corrected chi connectivity index (χ4v) is 2.68. The lowest BCUT2D eigenvalue weighted by Gasteiger charge is -2.23. The van der Waals surface area contributed by atoms with Gasteiger partial charge < -0.3 is 16.2 Å². The summed E-state index contributed by atoms with van der Waals surface area (Å²) < 4.78 is 38.8. The zero-order valence-electron chi connectivity index (χ0n) is 15.1. The van der Waals surface area contributed by atoms with Crippen molar-refractivity contribution in [2.45, 2.75) is 30.8 Å². The summed E-state index contributed by atoms with van der Waals surface area (Å²) >= 11 is 0. The van der Waals surface area contributed by atoms with Gasteiger partial charge >= 0.3 is 6.18 Å². The molecule has 0 fully saturated rings. The molecule has 2 aromatic carbocycles. The van der Waals surface area contributed by atoms with Crippen LogP contribution in [-0.2, 0) is 22.2 Å². The SMILES string of the molecule is N[C@H](Cc1ccccc1)[C@H](O)C(=O)NC(C(=O)NO)c1cccc(C(F)(F)F)c1. The Morgan fingerprint density at radius 2 is 1.69 bits per heavy atom. The predicted molar refractivity (Wildman–Crippen MR) is 96.4 cm³/mol. The number of halogens is 3. The molecule has 0 aliphatic carbocycles. The van der Waals surface area contributed by atoms with E-state index in [0.717, 1.165) is 17.7 Å². The van der Waals surface area contributed by atoms with Crippen LogP contribution in [0.25, 0.3) is 0 Å². The Bertz CT molecular complexity index is 846. The van der Waals surface area contributed by atoms with Gasteiger partial charge in [0.15, 0.2) is 0 Å². The molecule has 0 heterocycles. The van der Waals surface area contributed by atoms with Crippen molar-refractivity contribution >= 4 is 11.8 Å². The number of nitrogens with two attached hydrogens (primary N) is 1. The molecule has 2 rings (SSSR count). The maximum atomic E-state index is 12.9. The first-order chi connectivity index (χ1) is 13.6. The minimum absolute atomic E-state index is 0.149. The van der Waals surface area contributed by atoms with Crippen molar-refractivity contribution in [1.29, 1.82) is 0 Å². The Morgan fingerprint density at radius 3 is 2.28 bits per heavy atom. The fraction of sp³-hybridized carbons (Fsp3) is 0.263. The van der Waals surface area contributed by atoms with Crippen LogP contribution < -0.4 is 16.5 Å². The van der Waals surface area contributed by atoms with E-state index in [2.05, 4.69) is 5.32 Å². The van der Waals surface area contributed by atoms with Crippen molar-refractivity contribution in [2.24, 2.45) is 5.73 Å². The number of alkyl halides is 3. The van der Waals surface area contributed by atoms with Gasteiger partial charge in [-0.2, -0.15) is 13.2 Å². The monoisotopic (exact) mass is 411 g/mol. The summed E-state index contributed by atoms with van der Waals surface area (Å²) in [6, 6.07) is 9.76. The summed E-state index contributed by atoms with van der Waals surface area (Å²) in [5.41, 5.74) is 6.62. The molecule has 0 saturated carbocycles. The highest BCUT2D eigenvalue weighted by atomic mass is 19.4. The van der Waals surface area contributed by atoms with Crippen LogP contribution in [0.2, 0.25) is 0 Å². The molecule has 0 spiro atoms.